The number of piperazine rings is 1. The van der Waals surface area contributed by atoms with Crippen LogP contribution in [0.1, 0.15) is 26.5 Å². The molecule has 0 aromatic carbocycles. The lowest BCUT2D eigenvalue weighted by Crippen LogP contribution is -2.46. The summed E-state index contributed by atoms with van der Waals surface area (Å²) >= 11 is 1.34. The number of fused-ring (bicyclic) bond motifs is 1. The third-order valence-corrected chi connectivity index (χ3v) is 13.1. The number of alkyl halides is 3. The SMILES string of the molecule is CC(C)(COP(=O)(O)OP(=O)(O)OC[C@H]1O[C@@H](n2cnc3c(N)ncnc32)[C@H](O)[C@@H]1OP(=O)(O)O)[C@@H](O)C(=O)NCCC(=O)NCCSCC(=O)NCCN1CCNCC1.O=C(O)C(F)(F)F. The number of halogens is 3. The summed E-state index contributed by atoms with van der Waals surface area (Å²) in [5, 5.41) is 39.8. The van der Waals surface area contributed by atoms with Crippen molar-refractivity contribution in [2.75, 3.05) is 82.8 Å². The molecule has 4 rings (SSSR count). The van der Waals surface area contributed by atoms with E-state index in [2.05, 4.69) is 50.0 Å². The number of carboxylic acid groups (broad SMARTS) is 1. The molecule has 2 unspecified atom stereocenters. The lowest BCUT2D eigenvalue weighted by atomic mass is 9.87. The Morgan fingerprint density at radius 3 is 2.24 bits per heavy atom. The van der Waals surface area contributed by atoms with Crippen LogP contribution in [0.3, 0.4) is 0 Å². The minimum Gasteiger partial charge on any atom is -0.475 e. The predicted octanol–water partition coefficient (Wildman–Crippen LogP) is -2.21. The number of thioether (sulfide) groups is 1. The molecule has 0 saturated carbocycles. The molecule has 0 bridgehead atoms. The molecule has 0 radical (unpaired) electrons. The molecule has 4 heterocycles. The molecule has 2 fully saturated rings. The molecule has 2 aliphatic rings. The van der Waals surface area contributed by atoms with Crippen LogP contribution in [-0.4, -0.2) is 191 Å². The second-order valence-electron chi connectivity index (χ2n) is 14.9. The molecule has 29 nitrogen and oxygen atoms in total. The van der Waals surface area contributed by atoms with Crippen LogP contribution in [0.15, 0.2) is 12.7 Å². The molecule has 36 heteroatoms. The Balaban J connectivity index is 0.00000157. The van der Waals surface area contributed by atoms with Gasteiger partial charge in [-0.25, -0.2) is 33.4 Å². The number of carbonyl (C=O) groups is 4. The number of amides is 3. The average Bonchev–Trinajstić information content (AvgIpc) is 3.79. The third kappa shape index (κ3) is 19.8. The van der Waals surface area contributed by atoms with Crippen molar-refractivity contribution < 1.29 is 104 Å². The fourth-order valence-electron chi connectivity index (χ4n) is 5.71. The van der Waals surface area contributed by atoms with Gasteiger partial charge in [-0.05, 0) is 0 Å². The Kier molecular flexibility index (Phi) is 21.9. The van der Waals surface area contributed by atoms with E-state index in [0.717, 1.165) is 49.9 Å². The number of aliphatic hydroxyl groups excluding tert-OH is 2. The number of nitrogens with zero attached hydrogens (tertiary/aromatic N) is 5. The highest BCUT2D eigenvalue weighted by molar-refractivity contribution is 7.99. The number of rotatable bonds is 24. The van der Waals surface area contributed by atoms with Gasteiger partial charge in [-0.1, -0.05) is 13.8 Å². The number of aliphatic hydroxyl groups is 2. The number of anilines is 1. The Hall–Kier alpha value is -3.46. The van der Waals surface area contributed by atoms with Gasteiger partial charge in [-0.15, -0.1) is 0 Å². The van der Waals surface area contributed by atoms with E-state index in [-0.39, 0.29) is 48.2 Å². The first-order valence-corrected chi connectivity index (χ1v) is 25.2. The Morgan fingerprint density at radius 1 is 0.985 bits per heavy atom. The van der Waals surface area contributed by atoms with Gasteiger partial charge in [0, 0.05) is 69.9 Å². The zero-order chi connectivity index (χ0) is 50.4. The number of imidazole rings is 1. The molecule has 2 aromatic heterocycles. The minimum absolute atomic E-state index is 0.0312. The molecule has 0 aliphatic carbocycles. The van der Waals surface area contributed by atoms with Crippen molar-refractivity contribution in [3.8, 4) is 0 Å². The largest absolute Gasteiger partial charge is 0.490 e. The molecule has 2 aromatic rings. The van der Waals surface area contributed by atoms with Crippen molar-refractivity contribution in [3.05, 3.63) is 12.7 Å². The van der Waals surface area contributed by atoms with E-state index in [1.54, 1.807) is 0 Å². The molecular formula is C31H52F3N10O19P3S. The summed E-state index contributed by atoms with van der Waals surface area (Å²) in [7, 11) is -16.4. The predicted molar refractivity (Wildman–Crippen MR) is 223 cm³/mol. The van der Waals surface area contributed by atoms with Crippen molar-refractivity contribution in [3.63, 3.8) is 0 Å². The average molecular weight is 1050 g/mol. The van der Waals surface area contributed by atoms with Gasteiger partial charge in [-0.3, -0.25) is 37.4 Å². The monoisotopic (exact) mass is 1050 g/mol. The van der Waals surface area contributed by atoms with E-state index < -0.39 is 96.7 Å². The van der Waals surface area contributed by atoms with Crippen LogP contribution < -0.4 is 27.0 Å². The van der Waals surface area contributed by atoms with Crippen molar-refractivity contribution in [1.82, 2.24) is 45.7 Å². The zero-order valence-corrected chi connectivity index (χ0v) is 39.0. The fourth-order valence-corrected chi connectivity index (χ4v) is 9.21. The second-order valence-corrected chi connectivity index (χ2v) is 20.2. The molecule has 2 aliphatic heterocycles. The molecule has 67 heavy (non-hydrogen) atoms. The summed E-state index contributed by atoms with van der Waals surface area (Å²) in [6.07, 6.45) is -12.0. The summed E-state index contributed by atoms with van der Waals surface area (Å²) in [5.74, 6) is -3.57. The van der Waals surface area contributed by atoms with Crippen molar-refractivity contribution in [2.45, 2.75) is 57.1 Å². The molecule has 382 valence electrons. The van der Waals surface area contributed by atoms with Crippen molar-refractivity contribution in [2.24, 2.45) is 5.41 Å². The van der Waals surface area contributed by atoms with E-state index in [9.17, 15) is 71.0 Å². The number of ether oxygens (including phenoxy) is 1. The van der Waals surface area contributed by atoms with Gasteiger partial charge < -0.3 is 66.6 Å². The van der Waals surface area contributed by atoms with Crippen LogP contribution >= 0.6 is 35.2 Å². The van der Waals surface area contributed by atoms with Gasteiger partial charge in [0.05, 0.1) is 25.3 Å². The Bertz CT molecular complexity index is 2140. The molecule has 2 saturated heterocycles. The van der Waals surface area contributed by atoms with Crippen LogP contribution in [0.25, 0.3) is 11.2 Å². The number of hydrogen-bond acceptors (Lipinski definition) is 21. The standard InChI is InChI=1S/C29H51N10O17P3S.C2HF3O2/c1-29(2,24(43)27(44)34-4-3-19(40)33-8-12-60-14-20(41)32-7-11-38-9-5-31-6-10-38)15-53-59(50,51)56-58(48,49)52-13-18-23(55-57(45,46)47)22(42)28(54-18)39-17-37-21-25(30)35-16-36-26(21)39;3-2(4,5)1(6)7/h16-18,22-24,28,31,42-43H,3-15H2,1-2H3,(H,32,41)(H,33,40)(H,34,44)(H,48,49)(H,50,51)(H2,30,35,36)(H2,45,46,47);(H,6,7)/t18-,22-,23-,24+,28-;/m1./s1. The first-order valence-electron chi connectivity index (χ1n) is 19.5. The molecule has 13 N–H and O–H groups in total. The van der Waals surface area contributed by atoms with Crippen LogP contribution in [0.4, 0.5) is 19.0 Å². The highest BCUT2D eigenvalue weighted by Gasteiger charge is 2.50. The molecule has 0 spiro atoms. The first-order chi connectivity index (χ1) is 31.0. The fraction of sp³-hybridized carbons (Fsp3) is 0.710. The van der Waals surface area contributed by atoms with Gasteiger partial charge in [0.1, 0.15) is 36.3 Å². The molecular weight excluding hydrogens is 998 g/mol. The first kappa shape index (κ1) is 57.9. The normalized spacial score (nSPS) is 21.6. The van der Waals surface area contributed by atoms with Crippen molar-refractivity contribution >= 4 is 75.9 Å². The lowest BCUT2D eigenvalue weighted by molar-refractivity contribution is -0.192. The number of nitrogen functional groups attached to an aromatic ring is 1. The number of carbonyl (C=O) groups excluding carboxylic acids is 3. The topological polar surface area (TPSA) is 428 Å². The number of aliphatic carboxylic acids is 1. The van der Waals surface area contributed by atoms with Crippen LogP contribution in [-0.2, 0) is 55.5 Å². The number of nitrogens with one attached hydrogen (secondary N) is 4. The van der Waals surface area contributed by atoms with Crippen LogP contribution in [0, 0.1) is 5.41 Å². The van der Waals surface area contributed by atoms with Gasteiger partial charge in [-0.2, -0.15) is 29.2 Å². The summed E-state index contributed by atoms with van der Waals surface area (Å²) in [6, 6.07) is 0. The van der Waals surface area contributed by atoms with Gasteiger partial charge in [0.15, 0.2) is 17.7 Å². The van der Waals surface area contributed by atoms with E-state index in [1.807, 2.05) is 0 Å². The van der Waals surface area contributed by atoms with E-state index in [1.165, 1.54) is 25.6 Å². The van der Waals surface area contributed by atoms with Crippen molar-refractivity contribution in [1.29, 1.82) is 0 Å². The summed E-state index contributed by atoms with van der Waals surface area (Å²) in [4.78, 5) is 99.0. The highest BCUT2D eigenvalue weighted by atomic mass is 32.2. The maximum absolute atomic E-state index is 12.7. The highest BCUT2D eigenvalue weighted by Crippen LogP contribution is 2.61. The maximum atomic E-state index is 12.7. The minimum atomic E-state index is -5.57. The van der Waals surface area contributed by atoms with Gasteiger partial charge in [0.2, 0.25) is 17.7 Å². The van der Waals surface area contributed by atoms with Gasteiger partial charge in [0.25, 0.3) is 0 Å². The third-order valence-electron chi connectivity index (χ3n) is 9.08. The second kappa shape index (κ2) is 25.4. The Labute approximate surface area is 382 Å². The number of phosphoric acid groups is 3. The lowest BCUT2D eigenvalue weighted by Gasteiger charge is -2.30. The van der Waals surface area contributed by atoms with Crippen LogP contribution in [0.5, 0.6) is 0 Å². The number of hydrogen-bond donors (Lipinski definition) is 12. The van der Waals surface area contributed by atoms with E-state index in [0.29, 0.717) is 12.3 Å². The molecule has 3 amide bonds. The quantitative estimate of drug-likeness (QED) is 0.0392. The van der Waals surface area contributed by atoms with E-state index >= 15 is 0 Å². The maximum Gasteiger partial charge on any atom is 0.490 e. The van der Waals surface area contributed by atoms with Gasteiger partial charge >= 0.3 is 35.6 Å². The molecule has 7 atom stereocenters. The number of carboxylic acids is 1. The number of nitrogens with two attached hydrogens (primary N) is 1. The smallest absolute Gasteiger partial charge is 0.475 e. The van der Waals surface area contributed by atoms with E-state index in [4.69, 9.17) is 29.4 Å². The number of aromatic nitrogens is 4. The zero-order valence-electron chi connectivity index (χ0n) is 35.5. The van der Waals surface area contributed by atoms with Crippen LogP contribution in [0.2, 0.25) is 0 Å². The number of phosphoric ester groups is 3. The summed E-state index contributed by atoms with van der Waals surface area (Å²) in [5.41, 5.74) is 4.27. The Morgan fingerprint density at radius 2 is 1.61 bits per heavy atom. The summed E-state index contributed by atoms with van der Waals surface area (Å²) < 4.78 is 94.0. The summed E-state index contributed by atoms with van der Waals surface area (Å²) in [6.45, 7) is 5.65.